The fourth-order valence-electron chi connectivity index (χ4n) is 3.68. The third-order valence-corrected chi connectivity index (χ3v) is 6.38. The monoisotopic (exact) mass is 436 g/mol. The molecule has 0 aliphatic rings. The second-order valence-corrected chi connectivity index (χ2v) is 10.2. The highest BCUT2D eigenvalue weighted by atomic mass is 32.2. The summed E-state index contributed by atoms with van der Waals surface area (Å²) in [5, 5.41) is 0. The van der Waals surface area contributed by atoms with Crippen LogP contribution in [0, 0.1) is 5.92 Å². The van der Waals surface area contributed by atoms with Crippen LogP contribution in [0.2, 0.25) is 0 Å². The van der Waals surface area contributed by atoms with E-state index in [1.807, 2.05) is 6.07 Å². The second kappa shape index (κ2) is 20.4. The van der Waals surface area contributed by atoms with E-state index in [9.17, 15) is 0 Å². The molecular weight excluding hydrogens is 388 g/mol. The molecule has 3 heteroatoms. The van der Waals surface area contributed by atoms with Crippen LogP contribution in [-0.2, 0) is 16.1 Å². The van der Waals surface area contributed by atoms with Crippen LogP contribution in [0.15, 0.2) is 30.3 Å². The van der Waals surface area contributed by atoms with Gasteiger partial charge in [-0.3, -0.25) is 0 Å². The van der Waals surface area contributed by atoms with Crippen LogP contribution in [-0.4, -0.2) is 30.8 Å². The molecule has 0 radical (unpaired) electrons. The van der Waals surface area contributed by atoms with Crippen molar-refractivity contribution in [3.8, 4) is 0 Å². The van der Waals surface area contributed by atoms with E-state index in [4.69, 9.17) is 9.47 Å². The molecule has 0 amide bonds. The summed E-state index contributed by atoms with van der Waals surface area (Å²) in [7, 11) is 0. The van der Waals surface area contributed by atoms with Crippen molar-refractivity contribution in [1.29, 1.82) is 0 Å². The first kappa shape index (κ1) is 27.5. The van der Waals surface area contributed by atoms with Gasteiger partial charge >= 0.3 is 0 Å². The molecule has 174 valence electrons. The predicted octanol–water partition coefficient (Wildman–Crippen LogP) is 8.29. The molecule has 0 bridgehead atoms. The predicted molar refractivity (Wildman–Crippen MR) is 134 cm³/mol. The Kier molecular flexibility index (Phi) is 18.7. The van der Waals surface area contributed by atoms with E-state index < -0.39 is 0 Å². The van der Waals surface area contributed by atoms with Crippen LogP contribution >= 0.6 is 11.8 Å². The standard InChI is InChI=1S/C27H48O2S/c1-4-30-21-17-12-10-8-6-5-7-9-11-16-20-28-24-27(22-25(2)3)29-23-26-18-14-13-15-19-26/h13-15,18-19,25,27H,4-12,16-17,20-24H2,1-3H3. The third kappa shape index (κ3) is 17.2. The van der Waals surface area contributed by atoms with Gasteiger partial charge in [0.25, 0.3) is 0 Å². The zero-order valence-electron chi connectivity index (χ0n) is 20.1. The van der Waals surface area contributed by atoms with Gasteiger partial charge in [-0.1, -0.05) is 102 Å². The van der Waals surface area contributed by atoms with Crippen LogP contribution in [0.25, 0.3) is 0 Å². The first-order chi connectivity index (χ1) is 14.7. The Bertz CT molecular complexity index is 463. The fraction of sp³-hybridized carbons (Fsp3) is 0.778. The highest BCUT2D eigenvalue weighted by Gasteiger charge is 2.12. The lowest BCUT2D eigenvalue weighted by molar-refractivity contribution is -0.0346. The van der Waals surface area contributed by atoms with Gasteiger partial charge in [0.15, 0.2) is 0 Å². The Morgan fingerprint density at radius 3 is 2.00 bits per heavy atom. The van der Waals surface area contributed by atoms with Crippen LogP contribution in [0.1, 0.15) is 97.0 Å². The molecule has 2 nitrogen and oxygen atoms in total. The molecule has 1 atom stereocenters. The Hall–Kier alpha value is -0.510. The van der Waals surface area contributed by atoms with Crippen molar-refractivity contribution < 1.29 is 9.47 Å². The highest BCUT2D eigenvalue weighted by Crippen LogP contribution is 2.14. The van der Waals surface area contributed by atoms with Gasteiger partial charge in [0.1, 0.15) is 0 Å². The molecular formula is C27H48O2S. The summed E-state index contributed by atoms with van der Waals surface area (Å²) in [6.45, 7) is 9.04. The van der Waals surface area contributed by atoms with E-state index in [1.165, 1.54) is 81.3 Å². The minimum Gasteiger partial charge on any atom is -0.379 e. The zero-order chi connectivity index (χ0) is 21.7. The molecule has 0 fully saturated rings. The normalized spacial score (nSPS) is 12.5. The van der Waals surface area contributed by atoms with Crippen molar-refractivity contribution in [2.24, 2.45) is 5.92 Å². The molecule has 1 unspecified atom stereocenters. The Labute approximate surface area is 191 Å². The van der Waals surface area contributed by atoms with Crippen molar-refractivity contribution in [2.45, 2.75) is 104 Å². The van der Waals surface area contributed by atoms with Crippen molar-refractivity contribution in [1.82, 2.24) is 0 Å². The molecule has 0 aliphatic heterocycles. The van der Waals surface area contributed by atoms with Gasteiger partial charge in [-0.05, 0) is 42.2 Å². The van der Waals surface area contributed by atoms with Crippen LogP contribution in [0.4, 0.5) is 0 Å². The average molecular weight is 437 g/mol. The van der Waals surface area contributed by atoms with E-state index in [0.29, 0.717) is 12.5 Å². The maximum absolute atomic E-state index is 6.13. The minimum atomic E-state index is 0.200. The minimum absolute atomic E-state index is 0.200. The van der Waals surface area contributed by atoms with E-state index in [0.717, 1.165) is 19.6 Å². The molecule has 1 rings (SSSR count). The van der Waals surface area contributed by atoms with Crippen LogP contribution < -0.4 is 0 Å². The number of benzene rings is 1. The van der Waals surface area contributed by atoms with E-state index in [2.05, 4.69) is 56.8 Å². The van der Waals surface area contributed by atoms with Gasteiger partial charge in [0, 0.05) is 6.61 Å². The molecule has 30 heavy (non-hydrogen) atoms. The van der Waals surface area contributed by atoms with Gasteiger partial charge < -0.3 is 9.47 Å². The summed E-state index contributed by atoms with van der Waals surface area (Å²) in [6, 6.07) is 10.4. The summed E-state index contributed by atoms with van der Waals surface area (Å²) in [5.41, 5.74) is 1.24. The largest absolute Gasteiger partial charge is 0.379 e. The Morgan fingerprint density at radius 2 is 1.40 bits per heavy atom. The summed E-state index contributed by atoms with van der Waals surface area (Å²) >= 11 is 2.08. The van der Waals surface area contributed by atoms with E-state index in [-0.39, 0.29) is 6.10 Å². The van der Waals surface area contributed by atoms with Gasteiger partial charge in [-0.25, -0.2) is 0 Å². The maximum Gasteiger partial charge on any atom is 0.0815 e. The molecule has 0 aromatic heterocycles. The van der Waals surface area contributed by atoms with Gasteiger partial charge in [-0.15, -0.1) is 0 Å². The molecule has 1 aromatic carbocycles. The zero-order valence-corrected chi connectivity index (χ0v) is 20.9. The number of ether oxygens (including phenoxy) is 2. The van der Waals surface area contributed by atoms with Gasteiger partial charge in [0.05, 0.1) is 19.3 Å². The van der Waals surface area contributed by atoms with E-state index in [1.54, 1.807) is 0 Å². The van der Waals surface area contributed by atoms with Gasteiger partial charge in [-0.2, -0.15) is 11.8 Å². The lowest BCUT2D eigenvalue weighted by atomic mass is 10.1. The summed E-state index contributed by atoms with van der Waals surface area (Å²) in [5.74, 6) is 3.26. The molecule has 0 spiro atoms. The van der Waals surface area contributed by atoms with Gasteiger partial charge in [0.2, 0.25) is 0 Å². The maximum atomic E-state index is 6.13. The second-order valence-electron chi connectivity index (χ2n) is 8.86. The molecule has 0 aliphatic carbocycles. The summed E-state index contributed by atoms with van der Waals surface area (Å²) in [6.07, 6.45) is 15.0. The summed E-state index contributed by atoms with van der Waals surface area (Å²) < 4.78 is 12.1. The van der Waals surface area contributed by atoms with Crippen molar-refractivity contribution >= 4 is 11.8 Å². The Balaban J connectivity index is 1.94. The van der Waals surface area contributed by atoms with Crippen molar-refractivity contribution in [3.05, 3.63) is 35.9 Å². The average Bonchev–Trinajstić information content (AvgIpc) is 2.75. The lowest BCUT2D eigenvalue weighted by Crippen LogP contribution is -2.22. The first-order valence-corrected chi connectivity index (χ1v) is 13.7. The number of hydrogen-bond acceptors (Lipinski definition) is 3. The fourth-order valence-corrected chi connectivity index (χ4v) is 4.38. The number of hydrogen-bond donors (Lipinski definition) is 0. The van der Waals surface area contributed by atoms with Crippen LogP contribution in [0.3, 0.4) is 0 Å². The SMILES string of the molecule is CCSCCCCCCCCCCCCOCC(CC(C)C)OCc1ccccc1. The number of thioether (sulfide) groups is 1. The quantitative estimate of drug-likeness (QED) is 0.181. The highest BCUT2D eigenvalue weighted by molar-refractivity contribution is 7.99. The Morgan fingerprint density at radius 1 is 0.800 bits per heavy atom. The summed E-state index contributed by atoms with van der Waals surface area (Å²) in [4.78, 5) is 0. The van der Waals surface area contributed by atoms with E-state index >= 15 is 0 Å². The molecule has 0 saturated carbocycles. The number of rotatable bonds is 21. The topological polar surface area (TPSA) is 18.5 Å². The van der Waals surface area contributed by atoms with Crippen molar-refractivity contribution in [3.63, 3.8) is 0 Å². The molecule has 0 heterocycles. The van der Waals surface area contributed by atoms with Crippen LogP contribution in [0.5, 0.6) is 0 Å². The molecule has 0 saturated heterocycles. The number of unbranched alkanes of at least 4 members (excludes halogenated alkanes) is 9. The van der Waals surface area contributed by atoms with Crippen molar-refractivity contribution in [2.75, 3.05) is 24.7 Å². The lowest BCUT2D eigenvalue weighted by Gasteiger charge is -2.20. The smallest absolute Gasteiger partial charge is 0.0815 e. The first-order valence-electron chi connectivity index (χ1n) is 12.5. The third-order valence-electron chi connectivity index (χ3n) is 5.40. The molecule has 1 aromatic rings. The molecule has 0 N–H and O–H groups in total.